The minimum absolute atomic E-state index is 0.314. The molecular formula is C18H25N3O2S. The molecule has 0 aromatic heterocycles. The lowest BCUT2D eigenvalue weighted by atomic mass is 9.96. The van der Waals surface area contributed by atoms with Crippen LogP contribution in [0.25, 0.3) is 0 Å². The maximum atomic E-state index is 5.41. The number of aryl methyl sites for hydroxylation is 1. The molecule has 0 spiro atoms. The van der Waals surface area contributed by atoms with E-state index in [2.05, 4.69) is 21.9 Å². The van der Waals surface area contributed by atoms with Crippen LogP contribution >= 0.6 is 12.2 Å². The molecule has 130 valence electrons. The Morgan fingerprint density at radius 1 is 1.21 bits per heavy atom. The van der Waals surface area contributed by atoms with E-state index in [1.165, 1.54) is 37.7 Å². The zero-order valence-electron chi connectivity index (χ0n) is 14.1. The molecule has 1 saturated carbocycles. The van der Waals surface area contributed by atoms with E-state index in [0.29, 0.717) is 17.9 Å². The topological polar surface area (TPSA) is 54.9 Å². The van der Waals surface area contributed by atoms with Crippen molar-refractivity contribution in [1.82, 2.24) is 10.7 Å². The van der Waals surface area contributed by atoms with Crippen LogP contribution in [-0.2, 0) is 6.42 Å². The molecule has 3 rings (SSSR count). The van der Waals surface area contributed by atoms with Crippen LogP contribution < -0.4 is 20.2 Å². The lowest BCUT2D eigenvalue weighted by Crippen LogP contribution is -2.41. The molecule has 2 aliphatic rings. The second kappa shape index (κ2) is 8.33. The third-order valence-corrected chi connectivity index (χ3v) is 4.71. The summed E-state index contributed by atoms with van der Waals surface area (Å²) in [5, 5.41) is 8.37. The van der Waals surface area contributed by atoms with Crippen LogP contribution in [0.2, 0.25) is 0 Å². The number of thiocarbonyl (C=S) groups is 1. The molecule has 1 aliphatic heterocycles. The van der Waals surface area contributed by atoms with Crippen LogP contribution in [0.3, 0.4) is 0 Å². The van der Waals surface area contributed by atoms with E-state index in [1.807, 2.05) is 19.1 Å². The maximum absolute atomic E-state index is 5.41. The van der Waals surface area contributed by atoms with Gasteiger partial charge in [-0.25, -0.2) is 0 Å². The summed E-state index contributed by atoms with van der Waals surface area (Å²) in [6, 6.07) is 6.58. The van der Waals surface area contributed by atoms with Crippen molar-refractivity contribution in [2.75, 3.05) is 6.79 Å². The van der Waals surface area contributed by atoms with Gasteiger partial charge in [-0.3, -0.25) is 5.43 Å². The van der Waals surface area contributed by atoms with E-state index >= 15 is 0 Å². The minimum atomic E-state index is 0.314. The molecule has 0 bridgehead atoms. The van der Waals surface area contributed by atoms with Gasteiger partial charge in [-0.1, -0.05) is 25.3 Å². The molecular weight excluding hydrogens is 322 g/mol. The summed E-state index contributed by atoms with van der Waals surface area (Å²) in [4.78, 5) is 0. The number of fused-ring (bicyclic) bond motifs is 1. The Kier molecular flexibility index (Phi) is 5.91. The number of nitrogens with one attached hydrogen (secondary N) is 2. The first-order valence-corrected chi connectivity index (χ1v) is 9.10. The average molecular weight is 347 g/mol. The summed E-state index contributed by atoms with van der Waals surface area (Å²) < 4.78 is 10.7. The van der Waals surface area contributed by atoms with Gasteiger partial charge in [0, 0.05) is 11.8 Å². The number of benzene rings is 1. The van der Waals surface area contributed by atoms with Gasteiger partial charge in [0.2, 0.25) is 6.79 Å². The normalized spacial score (nSPS) is 17.6. The van der Waals surface area contributed by atoms with Gasteiger partial charge in [0.1, 0.15) is 0 Å². The summed E-state index contributed by atoms with van der Waals surface area (Å²) in [7, 11) is 0. The molecule has 24 heavy (non-hydrogen) atoms. The number of ether oxygens (including phenoxy) is 2. The van der Waals surface area contributed by atoms with Crippen molar-refractivity contribution in [3.63, 3.8) is 0 Å². The van der Waals surface area contributed by atoms with Crippen molar-refractivity contribution >= 4 is 23.0 Å². The van der Waals surface area contributed by atoms with Crippen LogP contribution in [0.1, 0.15) is 51.0 Å². The quantitative estimate of drug-likeness (QED) is 0.485. The van der Waals surface area contributed by atoms with Crippen molar-refractivity contribution in [1.29, 1.82) is 0 Å². The SMILES string of the molecule is C/C(CCc1ccc2c(c1)OCO2)=N\NC(=S)NC1CCCCC1. The molecule has 1 heterocycles. The molecule has 1 aromatic carbocycles. The van der Waals surface area contributed by atoms with E-state index in [1.54, 1.807) is 0 Å². The largest absolute Gasteiger partial charge is 0.454 e. The highest BCUT2D eigenvalue weighted by Gasteiger charge is 2.14. The number of hydrogen-bond donors (Lipinski definition) is 2. The zero-order chi connectivity index (χ0) is 16.8. The van der Waals surface area contributed by atoms with Crippen LogP contribution in [0.5, 0.6) is 11.5 Å². The van der Waals surface area contributed by atoms with Crippen LogP contribution in [0, 0.1) is 0 Å². The van der Waals surface area contributed by atoms with Crippen LogP contribution in [0.4, 0.5) is 0 Å². The fraction of sp³-hybridized carbons (Fsp3) is 0.556. The molecule has 0 unspecified atom stereocenters. The van der Waals surface area contributed by atoms with E-state index in [9.17, 15) is 0 Å². The first kappa shape index (κ1) is 17.0. The molecule has 6 heteroatoms. The van der Waals surface area contributed by atoms with Crippen LogP contribution in [0.15, 0.2) is 23.3 Å². The van der Waals surface area contributed by atoms with E-state index < -0.39 is 0 Å². The second-order valence-electron chi connectivity index (χ2n) is 6.45. The lowest BCUT2D eigenvalue weighted by Gasteiger charge is -2.23. The van der Waals surface area contributed by atoms with Gasteiger partial charge in [-0.15, -0.1) is 0 Å². The fourth-order valence-corrected chi connectivity index (χ4v) is 3.30. The number of rotatable bonds is 5. The predicted molar refractivity (Wildman–Crippen MR) is 99.7 cm³/mol. The van der Waals surface area contributed by atoms with Gasteiger partial charge >= 0.3 is 0 Å². The summed E-state index contributed by atoms with van der Waals surface area (Å²) in [5.74, 6) is 1.66. The Balaban J connectivity index is 1.41. The van der Waals surface area contributed by atoms with E-state index in [0.717, 1.165) is 30.1 Å². The number of nitrogens with zero attached hydrogens (tertiary/aromatic N) is 1. The van der Waals surface area contributed by atoms with Gasteiger partial charge in [0.25, 0.3) is 0 Å². The predicted octanol–water partition coefficient (Wildman–Crippen LogP) is 3.52. The minimum Gasteiger partial charge on any atom is -0.454 e. The molecule has 2 N–H and O–H groups in total. The zero-order valence-corrected chi connectivity index (χ0v) is 15.0. The highest BCUT2D eigenvalue weighted by Crippen LogP contribution is 2.32. The van der Waals surface area contributed by atoms with Crippen molar-refractivity contribution in [2.24, 2.45) is 5.10 Å². The lowest BCUT2D eigenvalue weighted by molar-refractivity contribution is 0.174. The number of hydrogen-bond acceptors (Lipinski definition) is 4. The highest BCUT2D eigenvalue weighted by atomic mass is 32.1. The van der Waals surface area contributed by atoms with Crippen LogP contribution in [-0.4, -0.2) is 23.7 Å². The van der Waals surface area contributed by atoms with Gasteiger partial charge < -0.3 is 14.8 Å². The van der Waals surface area contributed by atoms with Gasteiger partial charge in [-0.2, -0.15) is 5.10 Å². The Labute approximate surface area is 148 Å². The third kappa shape index (κ3) is 4.84. The fourth-order valence-electron chi connectivity index (χ4n) is 3.09. The van der Waals surface area contributed by atoms with Crippen molar-refractivity contribution in [2.45, 2.75) is 57.9 Å². The summed E-state index contributed by atoms with van der Waals surface area (Å²) >= 11 is 5.33. The maximum Gasteiger partial charge on any atom is 0.231 e. The van der Waals surface area contributed by atoms with Crippen molar-refractivity contribution < 1.29 is 9.47 Å². The smallest absolute Gasteiger partial charge is 0.231 e. The summed E-state index contributed by atoms with van der Waals surface area (Å²) in [6.45, 7) is 2.33. The Hall–Kier alpha value is -1.82. The monoisotopic (exact) mass is 347 g/mol. The molecule has 0 amide bonds. The third-order valence-electron chi connectivity index (χ3n) is 4.50. The first-order chi connectivity index (χ1) is 11.7. The standard InChI is InChI=1S/C18H25N3O2S/c1-13(20-21-18(24)19-15-5-3-2-4-6-15)7-8-14-9-10-16-17(11-14)23-12-22-16/h9-11,15H,2-8,12H2,1H3,(H2,19,21,24)/b20-13+. The summed E-state index contributed by atoms with van der Waals surface area (Å²) in [5.41, 5.74) is 5.22. The molecule has 1 aromatic rings. The molecule has 5 nitrogen and oxygen atoms in total. The van der Waals surface area contributed by atoms with Gasteiger partial charge in [0.05, 0.1) is 0 Å². The molecule has 1 fully saturated rings. The Morgan fingerprint density at radius 3 is 2.83 bits per heavy atom. The van der Waals surface area contributed by atoms with Crippen molar-refractivity contribution in [3.8, 4) is 11.5 Å². The van der Waals surface area contributed by atoms with Gasteiger partial charge in [0.15, 0.2) is 16.6 Å². The second-order valence-corrected chi connectivity index (χ2v) is 6.86. The molecule has 0 radical (unpaired) electrons. The van der Waals surface area contributed by atoms with E-state index in [4.69, 9.17) is 21.7 Å². The molecule has 0 atom stereocenters. The number of hydrazone groups is 1. The van der Waals surface area contributed by atoms with E-state index in [-0.39, 0.29) is 0 Å². The van der Waals surface area contributed by atoms with Crippen molar-refractivity contribution in [3.05, 3.63) is 23.8 Å². The summed E-state index contributed by atoms with van der Waals surface area (Å²) in [6.07, 6.45) is 8.12. The van der Waals surface area contributed by atoms with Gasteiger partial charge in [-0.05, 0) is 62.5 Å². The highest BCUT2D eigenvalue weighted by molar-refractivity contribution is 7.80. The Bertz CT molecular complexity index is 612. The average Bonchev–Trinajstić information content (AvgIpc) is 3.07. The Morgan fingerprint density at radius 2 is 2.00 bits per heavy atom. The molecule has 0 saturated heterocycles. The first-order valence-electron chi connectivity index (χ1n) is 8.69. The molecule has 1 aliphatic carbocycles.